The third kappa shape index (κ3) is 4.05. The Hall–Kier alpha value is -1.47. The Labute approximate surface area is 86.0 Å². The van der Waals surface area contributed by atoms with Crippen LogP contribution in [0.4, 0.5) is 0 Å². The largest absolute Gasteiger partial charge is 0.481 e. The van der Waals surface area contributed by atoms with Gasteiger partial charge in [0.1, 0.15) is 6.04 Å². The van der Waals surface area contributed by atoms with Crippen molar-refractivity contribution in [1.82, 2.24) is 0 Å². The first-order valence-electron chi connectivity index (χ1n) is 4.26. The van der Waals surface area contributed by atoms with E-state index >= 15 is 0 Å². The Bertz CT molecular complexity index is 276. The number of hydrogen-bond acceptors (Lipinski definition) is 5. The number of carboxylic acid groups (broad SMARTS) is 2. The lowest BCUT2D eigenvalue weighted by Gasteiger charge is -2.19. The van der Waals surface area contributed by atoms with E-state index in [0.29, 0.717) is 0 Å². The number of ketones is 1. The molecule has 0 aliphatic heterocycles. The normalized spacial score (nSPS) is 16.5. The Morgan fingerprint density at radius 1 is 1.20 bits per heavy atom. The highest BCUT2D eigenvalue weighted by Gasteiger charge is 2.33. The van der Waals surface area contributed by atoms with Gasteiger partial charge in [-0.2, -0.15) is 0 Å². The van der Waals surface area contributed by atoms with Crippen LogP contribution in [-0.2, 0) is 14.4 Å². The Morgan fingerprint density at radius 2 is 1.67 bits per heavy atom. The second-order valence-corrected chi connectivity index (χ2v) is 3.26. The maximum atomic E-state index is 11.4. The Kier molecular flexibility index (Phi) is 4.89. The predicted octanol–water partition coefficient (Wildman–Crippen LogP) is -1.59. The molecule has 0 amide bonds. The van der Waals surface area contributed by atoms with E-state index in [1.54, 1.807) is 0 Å². The maximum Gasteiger partial charge on any atom is 0.321 e. The predicted molar refractivity (Wildman–Crippen MR) is 50.0 cm³/mol. The monoisotopic (exact) mass is 218 g/mol. The fourth-order valence-electron chi connectivity index (χ4n) is 1.10. The van der Waals surface area contributed by atoms with Crippen molar-refractivity contribution in [2.75, 3.05) is 0 Å². The summed E-state index contributed by atoms with van der Waals surface area (Å²) in [5, 5.41) is 17.1. The second-order valence-electron chi connectivity index (χ2n) is 3.26. The smallest absolute Gasteiger partial charge is 0.321 e. The van der Waals surface area contributed by atoms with Crippen molar-refractivity contribution in [3.05, 3.63) is 0 Å². The van der Waals surface area contributed by atoms with Crippen molar-refractivity contribution >= 4 is 17.7 Å². The molecule has 0 saturated carbocycles. The topological polar surface area (TPSA) is 144 Å². The van der Waals surface area contributed by atoms with Gasteiger partial charge in [0, 0.05) is 0 Å². The standard InChI is InChI=1S/C8H14N2O5/c1-3(9)7(13)4(2-5(11)12)6(10)8(14)15/h3-4,6H,2,9-10H2,1H3,(H,11,12)(H,14,15)/t3-,4?,6-/m0/s1. The molecule has 0 saturated heterocycles. The summed E-state index contributed by atoms with van der Waals surface area (Å²) < 4.78 is 0. The number of carbonyl (C=O) groups excluding carboxylic acids is 1. The highest BCUT2D eigenvalue weighted by molar-refractivity contribution is 5.93. The quantitative estimate of drug-likeness (QED) is 0.420. The highest BCUT2D eigenvalue weighted by atomic mass is 16.4. The van der Waals surface area contributed by atoms with Crippen molar-refractivity contribution in [2.45, 2.75) is 25.4 Å². The van der Waals surface area contributed by atoms with E-state index in [-0.39, 0.29) is 0 Å². The molecule has 0 bridgehead atoms. The lowest BCUT2D eigenvalue weighted by Crippen LogP contribution is -2.47. The van der Waals surface area contributed by atoms with Crippen LogP contribution in [0.1, 0.15) is 13.3 Å². The van der Waals surface area contributed by atoms with E-state index in [2.05, 4.69) is 0 Å². The van der Waals surface area contributed by atoms with Crippen LogP contribution in [0.25, 0.3) is 0 Å². The zero-order chi connectivity index (χ0) is 12.2. The summed E-state index contributed by atoms with van der Waals surface area (Å²) in [5.74, 6) is -4.66. The van der Waals surface area contributed by atoms with E-state index in [0.717, 1.165) is 0 Å². The first-order valence-corrected chi connectivity index (χ1v) is 4.26. The minimum absolute atomic E-state index is 0.631. The van der Waals surface area contributed by atoms with Gasteiger partial charge in [-0.1, -0.05) is 0 Å². The van der Waals surface area contributed by atoms with Crippen LogP contribution >= 0.6 is 0 Å². The summed E-state index contributed by atoms with van der Waals surface area (Å²) in [4.78, 5) is 32.4. The molecule has 0 aliphatic rings. The molecule has 1 unspecified atom stereocenters. The van der Waals surface area contributed by atoms with E-state index < -0.39 is 42.1 Å². The Morgan fingerprint density at radius 3 is 1.93 bits per heavy atom. The van der Waals surface area contributed by atoms with Gasteiger partial charge in [0.15, 0.2) is 5.78 Å². The first-order chi connectivity index (χ1) is 6.77. The summed E-state index contributed by atoms with van der Waals surface area (Å²) in [6, 6.07) is -2.47. The number of Topliss-reactive ketones (excluding diaryl/α,β-unsaturated/α-hetero) is 1. The number of hydrogen-bond donors (Lipinski definition) is 4. The molecule has 7 nitrogen and oxygen atoms in total. The van der Waals surface area contributed by atoms with Crippen molar-refractivity contribution < 1.29 is 24.6 Å². The molecule has 15 heavy (non-hydrogen) atoms. The van der Waals surface area contributed by atoms with Crippen molar-refractivity contribution in [3.63, 3.8) is 0 Å². The van der Waals surface area contributed by atoms with Gasteiger partial charge in [-0.25, -0.2) is 0 Å². The Balaban J connectivity index is 4.80. The third-order valence-corrected chi connectivity index (χ3v) is 1.93. The van der Waals surface area contributed by atoms with Crippen LogP contribution in [0.3, 0.4) is 0 Å². The number of nitrogens with two attached hydrogens (primary N) is 2. The highest BCUT2D eigenvalue weighted by Crippen LogP contribution is 2.11. The zero-order valence-corrected chi connectivity index (χ0v) is 8.21. The van der Waals surface area contributed by atoms with E-state index in [1.165, 1.54) is 6.92 Å². The molecule has 0 aromatic carbocycles. The summed E-state index contributed by atoms with van der Waals surface area (Å²) >= 11 is 0. The molecule has 0 rings (SSSR count). The maximum absolute atomic E-state index is 11.4. The van der Waals surface area contributed by atoms with Crippen LogP contribution in [-0.4, -0.2) is 40.0 Å². The van der Waals surface area contributed by atoms with Crippen molar-refractivity contribution in [2.24, 2.45) is 17.4 Å². The molecule has 3 atom stereocenters. The van der Waals surface area contributed by atoms with Gasteiger partial charge in [-0.05, 0) is 6.92 Å². The van der Waals surface area contributed by atoms with Gasteiger partial charge in [0.05, 0.1) is 18.4 Å². The van der Waals surface area contributed by atoms with Crippen LogP contribution in [0.2, 0.25) is 0 Å². The number of carbonyl (C=O) groups is 3. The molecule has 0 aromatic rings. The van der Waals surface area contributed by atoms with Crippen LogP contribution < -0.4 is 11.5 Å². The molecule has 0 heterocycles. The zero-order valence-electron chi connectivity index (χ0n) is 8.21. The van der Waals surface area contributed by atoms with Gasteiger partial charge in [0.2, 0.25) is 0 Å². The molecule has 7 heteroatoms. The molecular formula is C8H14N2O5. The van der Waals surface area contributed by atoms with Gasteiger partial charge < -0.3 is 21.7 Å². The molecule has 0 aliphatic carbocycles. The van der Waals surface area contributed by atoms with Crippen LogP contribution in [0.15, 0.2) is 0 Å². The first kappa shape index (κ1) is 13.5. The SMILES string of the molecule is C[C@H](N)C(=O)C(CC(=O)O)[C@H](N)C(=O)O. The molecule has 0 fully saturated rings. The summed E-state index contributed by atoms with van der Waals surface area (Å²) in [7, 11) is 0. The van der Waals surface area contributed by atoms with E-state index in [4.69, 9.17) is 21.7 Å². The summed E-state index contributed by atoms with van der Waals surface area (Å²) in [5.41, 5.74) is 10.5. The fraction of sp³-hybridized carbons (Fsp3) is 0.625. The third-order valence-electron chi connectivity index (χ3n) is 1.93. The summed E-state index contributed by atoms with van der Waals surface area (Å²) in [6.45, 7) is 1.35. The average Bonchev–Trinajstić information content (AvgIpc) is 2.11. The molecule has 0 aromatic heterocycles. The lowest BCUT2D eigenvalue weighted by atomic mass is 9.89. The van der Waals surface area contributed by atoms with Crippen LogP contribution in [0.5, 0.6) is 0 Å². The second kappa shape index (κ2) is 5.42. The minimum Gasteiger partial charge on any atom is -0.481 e. The summed E-state index contributed by atoms with van der Waals surface area (Å²) in [6.07, 6.45) is -0.631. The molecule has 0 radical (unpaired) electrons. The van der Waals surface area contributed by atoms with Gasteiger partial charge in [0.25, 0.3) is 0 Å². The van der Waals surface area contributed by atoms with Crippen molar-refractivity contribution in [1.29, 1.82) is 0 Å². The van der Waals surface area contributed by atoms with Gasteiger partial charge >= 0.3 is 11.9 Å². The minimum atomic E-state index is -1.54. The van der Waals surface area contributed by atoms with Gasteiger partial charge in [-0.3, -0.25) is 14.4 Å². The average molecular weight is 218 g/mol. The molecule has 0 spiro atoms. The van der Waals surface area contributed by atoms with Gasteiger partial charge in [-0.15, -0.1) is 0 Å². The molecule has 86 valence electrons. The lowest BCUT2D eigenvalue weighted by molar-refractivity contribution is -0.146. The van der Waals surface area contributed by atoms with E-state index in [9.17, 15) is 14.4 Å². The molecule has 6 N–H and O–H groups in total. The van der Waals surface area contributed by atoms with Crippen molar-refractivity contribution in [3.8, 4) is 0 Å². The number of carboxylic acids is 2. The fourth-order valence-corrected chi connectivity index (χ4v) is 1.10. The van der Waals surface area contributed by atoms with Crippen LogP contribution in [0, 0.1) is 5.92 Å². The molecular weight excluding hydrogens is 204 g/mol. The number of rotatable bonds is 6. The number of aliphatic carboxylic acids is 2. The van der Waals surface area contributed by atoms with E-state index in [1.807, 2.05) is 0 Å².